The number of para-hydroxylation sites is 1. The molecule has 0 aliphatic carbocycles. The summed E-state index contributed by atoms with van der Waals surface area (Å²) in [5.74, 6) is 1.78. The molecule has 0 saturated heterocycles. The summed E-state index contributed by atoms with van der Waals surface area (Å²) in [4.78, 5) is 4.68. The highest BCUT2D eigenvalue weighted by Crippen LogP contribution is 2.25. The van der Waals surface area contributed by atoms with Crippen molar-refractivity contribution in [2.75, 3.05) is 17.1 Å². The summed E-state index contributed by atoms with van der Waals surface area (Å²) in [7, 11) is 0. The van der Waals surface area contributed by atoms with E-state index in [1.54, 1.807) is 0 Å². The van der Waals surface area contributed by atoms with Crippen LogP contribution in [-0.4, -0.2) is 22.3 Å². The monoisotopic (exact) mass is 296 g/mol. The van der Waals surface area contributed by atoms with Gasteiger partial charge in [0.1, 0.15) is 5.82 Å². The predicted octanol–water partition coefficient (Wildman–Crippen LogP) is 4.58. The molecule has 2 nitrogen and oxygen atoms in total. The average molecular weight is 297 g/mol. The predicted molar refractivity (Wildman–Crippen MR) is 84.6 cm³/mol. The first-order chi connectivity index (χ1) is 9.14. The van der Waals surface area contributed by atoms with E-state index in [-0.39, 0.29) is 5.54 Å². The Morgan fingerprint density at radius 1 is 1.21 bits per heavy atom. The van der Waals surface area contributed by atoms with E-state index in [2.05, 4.69) is 29.4 Å². The van der Waals surface area contributed by atoms with Crippen LogP contribution < -0.4 is 5.32 Å². The van der Waals surface area contributed by atoms with Crippen molar-refractivity contribution in [1.29, 1.82) is 0 Å². The molecule has 0 radical (unpaired) electrons. The number of aryl methyl sites for hydroxylation is 1. The Labute approximate surface area is 124 Å². The number of anilines is 1. The third-order valence-electron chi connectivity index (χ3n) is 3.49. The van der Waals surface area contributed by atoms with Crippen LogP contribution in [0.2, 0.25) is 0 Å². The second-order valence-corrected chi connectivity index (χ2v) is 5.41. The summed E-state index contributed by atoms with van der Waals surface area (Å²) >= 11 is 12.1. The molecule has 0 bridgehead atoms. The maximum atomic E-state index is 6.07. The van der Waals surface area contributed by atoms with Crippen LogP contribution in [0.3, 0.4) is 0 Å². The third kappa shape index (κ3) is 2.96. The standard InChI is InChI=1S/C15H18Cl2N2/c1-3-15(9-16,10-17)19-14-11(2)8-12-6-4-5-7-13(12)18-14/h4-8H,3,9-10H2,1-2H3,(H,18,19). The molecule has 102 valence electrons. The molecule has 0 aliphatic rings. The van der Waals surface area contributed by atoms with Crippen LogP contribution in [0.25, 0.3) is 10.9 Å². The van der Waals surface area contributed by atoms with Crippen LogP contribution in [-0.2, 0) is 0 Å². The molecule has 4 heteroatoms. The number of hydrogen-bond acceptors (Lipinski definition) is 2. The minimum atomic E-state index is -0.302. The number of aromatic nitrogens is 1. The maximum absolute atomic E-state index is 6.07. The van der Waals surface area contributed by atoms with Crippen molar-refractivity contribution in [2.45, 2.75) is 25.8 Å². The van der Waals surface area contributed by atoms with Gasteiger partial charge in [-0.15, -0.1) is 23.2 Å². The van der Waals surface area contributed by atoms with Gasteiger partial charge in [0.2, 0.25) is 0 Å². The van der Waals surface area contributed by atoms with Crippen molar-refractivity contribution in [3.63, 3.8) is 0 Å². The second kappa shape index (κ2) is 5.98. The minimum absolute atomic E-state index is 0.302. The summed E-state index contributed by atoms with van der Waals surface area (Å²) in [5, 5.41) is 4.57. The Balaban J connectivity index is 2.42. The lowest BCUT2D eigenvalue weighted by molar-refractivity contribution is 0.557. The van der Waals surface area contributed by atoms with Gasteiger partial charge in [-0.1, -0.05) is 25.1 Å². The number of benzene rings is 1. The summed E-state index contributed by atoms with van der Waals surface area (Å²) in [6.45, 7) is 4.12. The normalized spacial score (nSPS) is 11.8. The molecule has 1 aromatic carbocycles. The highest BCUT2D eigenvalue weighted by Gasteiger charge is 2.27. The molecule has 0 spiro atoms. The van der Waals surface area contributed by atoms with Crippen LogP contribution in [0.4, 0.5) is 5.82 Å². The van der Waals surface area contributed by atoms with Gasteiger partial charge < -0.3 is 5.32 Å². The van der Waals surface area contributed by atoms with Gasteiger partial charge in [-0.2, -0.15) is 0 Å². The van der Waals surface area contributed by atoms with Gasteiger partial charge in [0.25, 0.3) is 0 Å². The first kappa shape index (κ1) is 14.4. The number of hydrogen-bond donors (Lipinski definition) is 1. The number of halogens is 2. The van der Waals surface area contributed by atoms with Crippen LogP contribution in [0.5, 0.6) is 0 Å². The average Bonchev–Trinajstić information content (AvgIpc) is 2.45. The number of rotatable bonds is 5. The van der Waals surface area contributed by atoms with E-state index in [4.69, 9.17) is 23.2 Å². The topological polar surface area (TPSA) is 24.9 Å². The van der Waals surface area contributed by atoms with Crippen molar-refractivity contribution in [2.24, 2.45) is 0 Å². The zero-order valence-electron chi connectivity index (χ0n) is 11.2. The molecule has 1 aromatic heterocycles. The fourth-order valence-corrected chi connectivity index (χ4v) is 2.78. The molecule has 0 amide bonds. The van der Waals surface area contributed by atoms with Crippen LogP contribution >= 0.6 is 23.2 Å². The van der Waals surface area contributed by atoms with E-state index in [9.17, 15) is 0 Å². The number of nitrogens with zero attached hydrogens (tertiary/aromatic N) is 1. The van der Waals surface area contributed by atoms with Crippen molar-refractivity contribution in [1.82, 2.24) is 4.98 Å². The van der Waals surface area contributed by atoms with Crippen molar-refractivity contribution in [3.8, 4) is 0 Å². The fourth-order valence-electron chi connectivity index (χ4n) is 1.98. The summed E-state index contributed by atoms with van der Waals surface area (Å²) in [6.07, 6.45) is 0.855. The Bertz CT molecular complexity index is 557. The zero-order chi connectivity index (χ0) is 13.9. The van der Waals surface area contributed by atoms with E-state index in [0.717, 1.165) is 28.7 Å². The maximum Gasteiger partial charge on any atom is 0.130 e. The lowest BCUT2D eigenvalue weighted by Crippen LogP contribution is -2.42. The van der Waals surface area contributed by atoms with Gasteiger partial charge in [-0.25, -0.2) is 4.98 Å². The number of alkyl halides is 2. The molecule has 0 unspecified atom stereocenters. The largest absolute Gasteiger partial charge is 0.362 e. The molecule has 0 fully saturated rings. The molecule has 2 rings (SSSR count). The van der Waals surface area contributed by atoms with Crippen LogP contribution in [0, 0.1) is 6.92 Å². The fraction of sp³-hybridized carbons (Fsp3) is 0.400. The molecule has 19 heavy (non-hydrogen) atoms. The molecule has 1 heterocycles. The molecule has 1 N–H and O–H groups in total. The van der Waals surface area contributed by atoms with Crippen LogP contribution in [0.1, 0.15) is 18.9 Å². The minimum Gasteiger partial charge on any atom is -0.362 e. The first-order valence-corrected chi connectivity index (χ1v) is 7.47. The van der Waals surface area contributed by atoms with E-state index >= 15 is 0 Å². The third-order valence-corrected chi connectivity index (χ3v) is 4.51. The molecule has 2 aromatic rings. The lowest BCUT2D eigenvalue weighted by atomic mass is 10.0. The highest BCUT2D eigenvalue weighted by molar-refractivity contribution is 6.22. The number of nitrogens with one attached hydrogen (secondary N) is 1. The summed E-state index contributed by atoms with van der Waals surface area (Å²) < 4.78 is 0. The molecule has 0 atom stereocenters. The van der Waals surface area contributed by atoms with E-state index in [0.29, 0.717) is 11.8 Å². The summed E-state index contributed by atoms with van der Waals surface area (Å²) in [5.41, 5.74) is 1.78. The Hall–Kier alpha value is -0.990. The van der Waals surface area contributed by atoms with Crippen molar-refractivity contribution < 1.29 is 0 Å². The zero-order valence-corrected chi connectivity index (χ0v) is 12.7. The van der Waals surface area contributed by atoms with Crippen molar-refractivity contribution in [3.05, 3.63) is 35.9 Å². The second-order valence-electron chi connectivity index (χ2n) is 4.87. The summed E-state index contributed by atoms with van der Waals surface area (Å²) in [6, 6.07) is 10.2. The quantitative estimate of drug-likeness (QED) is 0.817. The van der Waals surface area contributed by atoms with Gasteiger partial charge in [0.05, 0.1) is 11.1 Å². The molecule has 0 saturated carbocycles. The van der Waals surface area contributed by atoms with E-state index in [1.165, 1.54) is 0 Å². The molecular formula is C15H18Cl2N2. The van der Waals surface area contributed by atoms with Gasteiger partial charge >= 0.3 is 0 Å². The smallest absolute Gasteiger partial charge is 0.130 e. The van der Waals surface area contributed by atoms with Gasteiger partial charge in [-0.05, 0) is 31.0 Å². The first-order valence-electron chi connectivity index (χ1n) is 6.40. The van der Waals surface area contributed by atoms with E-state index < -0.39 is 0 Å². The molecule has 0 aliphatic heterocycles. The lowest BCUT2D eigenvalue weighted by Gasteiger charge is -2.31. The van der Waals surface area contributed by atoms with Crippen LogP contribution in [0.15, 0.2) is 30.3 Å². The highest BCUT2D eigenvalue weighted by atomic mass is 35.5. The SMILES string of the molecule is CCC(CCl)(CCl)Nc1nc2ccccc2cc1C. The Morgan fingerprint density at radius 3 is 2.53 bits per heavy atom. The Kier molecular flexibility index (Phi) is 4.54. The molecular weight excluding hydrogens is 279 g/mol. The van der Waals surface area contributed by atoms with Crippen molar-refractivity contribution >= 4 is 39.9 Å². The van der Waals surface area contributed by atoms with Gasteiger partial charge in [0, 0.05) is 17.1 Å². The Morgan fingerprint density at radius 2 is 1.89 bits per heavy atom. The van der Waals surface area contributed by atoms with Gasteiger partial charge in [-0.3, -0.25) is 0 Å². The number of pyridine rings is 1. The van der Waals surface area contributed by atoms with Gasteiger partial charge in [0.15, 0.2) is 0 Å². The number of fused-ring (bicyclic) bond motifs is 1. The van der Waals surface area contributed by atoms with E-state index in [1.807, 2.05) is 25.1 Å².